The smallest absolute Gasteiger partial charge is 0.495 e. The van der Waals surface area contributed by atoms with E-state index in [2.05, 4.69) is 41.4 Å². The Labute approximate surface area is 241 Å². The number of aliphatic imine (C=N–C) groups is 1. The van der Waals surface area contributed by atoms with E-state index in [1.54, 1.807) is 20.1 Å². The van der Waals surface area contributed by atoms with Gasteiger partial charge in [-0.05, 0) is 47.9 Å². The fraction of sp³-hybridized carbons (Fsp3) is 0.379. The van der Waals surface area contributed by atoms with E-state index in [4.69, 9.17) is 23.3 Å². The van der Waals surface area contributed by atoms with Crippen molar-refractivity contribution in [2.75, 3.05) is 51.3 Å². The van der Waals surface area contributed by atoms with Crippen molar-refractivity contribution < 1.29 is 28.1 Å². The maximum Gasteiger partial charge on any atom is 0.513 e. The minimum atomic E-state index is -0.813. The predicted octanol–water partition coefficient (Wildman–Crippen LogP) is 4.16. The molecule has 2 aromatic carbocycles. The molecule has 2 aromatic heterocycles. The number of hydrogen-bond donors (Lipinski definition) is 0. The molecule has 2 atom stereocenters. The normalized spacial score (nSPS) is 19.6. The molecule has 0 bridgehead atoms. The van der Waals surface area contributed by atoms with Crippen LogP contribution in [0.4, 0.5) is 10.5 Å². The van der Waals surface area contributed by atoms with Gasteiger partial charge in [-0.3, -0.25) is 9.89 Å². The van der Waals surface area contributed by atoms with Gasteiger partial charge < -0.3 is 23.5 Å². The third kappa shape index (κ3) is 5.42. The van der Waals surface area contributed by atoms with Gasteiger partial charge in [0.2, 0.25) is 12.3 Å². The summed E-state index contributed by atoms with van der Waals surface area (Å²) in [6.45, 7) is 7.77. The Balaban J connectivity index is 1.13. The van der Waals surface area contributed by atoms with Crippen molar-refractivity contribution >= 4 is 28.6 Å². The number of fused-ring (bicyclic) bond motifs is 1. The molecule has 0 radical (unpaired) electrons. The summed E-state index contributed by atoms with van der Waals surface area (Å²) in [7, 11) is 1.68. The number of piperazine rings is 1. The quantitative estimate of drug-likeness (QED) is 0.279. The number of benzene rings is 2. The monoisotopic (exact) mass is 573 g/mol. The number of hydrogen-bond acceptors (Lipinski definition) is 13. The van der Waals surface area contributed by atoms with Crippen molar-refractivity contribution in [3.05, 3.63) is 71.8 Å². The van der Waals surface area contributed by atoms with E-state index in [0.717, 1.165) is 48.9 Å². The predicted molar refractivity (Wildman–Crippen MR) is 151 cm³/mol. The van der Waals surface area contributed by atoms with Gasteiger partial charge >= 0.3 is 6.16 Å². The first-order valence-electron chi connectivity index (χ1n) is 13.7. The number of methoxy groups -OCH3 is 1. The minimum Gasteiger partial charge on any atom is -0.495 e. The number of nitrogens with zero attached hydrogens (tertiary/aromatic N) is 7. The molecule has 218 valence electrons. The van der Waals surface area contributed by atoms with Crippen LogP contribution in [-0.2, 0) is 9.47 Å². The molecule has 13 nitrogen and oxygen atoms in total. The summed E-state index contributed by atoms with van der Waals surface area (Å²) in [5.41, 5.74) is 4.17. The molecule has 0 aliphatic carbocycles. The van der Waals surface area contributed by atoms with Crippen molar-refractivity contribution in [1.82, 2.24) is 25.4 Å². The van der Waals surface area contributed by atoms with Gasteiger partial charge in [-0.15, -0.1) is 10.2 Å². The number of anilines is 1. The van der Waals surface area contributed by atoms with E-state index in [0.29, 0.717) is 34.9 Å². The van der Waals surface area contributed by atoms with E-state index in [1.165, 1.54) is 6.39 Å². The average molecular weight is 574 g/mol. The van der Waals surface area contributed by atoms with Crippen LogP contribution in [0.5, 0.6) is 5.75 Å². The summed E-state index contributed by atoms with van der Waals surface area (Å²) in [6, 6.07) is 13.5. The van der Waals surface area contributed by atoms with Crippen LogP contribution >= 0.6 is 0 Å². The zero-order chi connectivity index (χ0) is 29.1. The zero-order valence-electron chi connectivity index (χ0n) is 23.6. The lowest BCUT2D eigenvalue weighted by Gasteiger charge is -2.36. The first kappa shape index (κ1) is 27.4. The number of carbonyl (C=O) groups excluding carboxylic acids is 1. The lowest BCUT2D eigenvalue weighted by atomic mass is 9.79. The Morgan fingerprint density at radius 1 is 1.02 bits per heavy atom. The molecular weight excluding hydrogens is 542 g/mol. The zero-order valence-corrected chi connectivity index (χ0v) is 23.6. The molecule has 1 fully saturated rings. The summed E-state index contributed by atoms with van der Waals surface area (Å²) in [5.74, 6) is 0.452. The lowest BCUT2D eigenvalue weighted by molar-refractivity contribution is 0.0619. The average Bonchev–Trinajstić information content (AvgIpc) is 3.71. The summed E-state index contributed by atoms with van der Waals surface area (Å²) in [4.78, 5) is 22.2. The van der Waals surface area contributed by atoms with E-state index in [1.807, 2.05) is 37.3 Å². The van der Waals surface area contributed by atoms with Crippen LogP contribution in [0.25, 0.3) is 11.0 Å². The molecule has 2 unspecified atom stereocenters. The highest BCUT2D eigenvalue weighted by molar-refractivity contribution is 5.93. The Bertz CT molecular complexity index is 1610. The first-order chi connectivity index (χ1) is 20.5. The van der Waals surface area contributed by atoms with Gasteiger partial charge in [0.05, 0.1) is 30.3 Å². The fourth-order valence-electron chi connectivity index (χ4n) is 5.66. The van der Waals surface area contributed by atoms with E-state index < -0.39 is 18.0 Å². The maximum atomic E-state index is 13.0. The first-order valence-corrected chi connectivity index (χ1v) is 13.7. The van der Waals surface area contributed by atoms with Gasteiger partial charge in [0, 0.05) is 38.4 Å². The van der Waals surface area contributed by atoms with Crippen molar-refractivity contribution in [1.29, 1.82) is 0 Å². The third-order valence-corrected chi connectivity index (χ3v) is 7.68. The van der Waals surface area contributed by atoms with Gasteiger partial charge in [0.1, 0.15) is 29.1 Å². The number of carbonyl (C=O) groups is 1. The van der Waals surface area contributed by atoms with Crippen LogP contribution in [0.15, 0.2) is 74.4 Å². The van der Waals surface area contributed by atoms with Crippen molar-refractivity contribution in [3.63, 3.8) is 0 Å². The highest BCUT2D eigenvalue weighted by Gasteiger charge is 2.41. The molecule has 2 aliphatic rings. The second kappa shape index (κ2) is 12.0. The molecular formula is C29H31N7O6. The number of para-hydroxylation sites is 2. The Hall–Kier alpha value is -4.78. The SMILES string of the molecule is COc1ccccc1N1CCN(CCOC(=O)OC2=C(C)N=C(C)C(c3nnco3)C2c2cccc3nonc23)CC1. The van der Waals surface area contributed by atoms with Gasteiger partial charge in [-0.1, -0.05) is 24.3 Å². The number of aromatic nitrogens is 4. The standard InChI is InChI=1S/C29H31N7O6/c1-18-24(28-32-30-17-40-28)25(20-7-6-8-21-26(20)34-42-33-21)27(19(2)31-18)41-29(37)39-16-15-35-11-13-36(14-12-35)22-9-4-5-10-23(22)38-3/h4-10,17,24-25H,11-16H2,1-3H3. The Kier molecular flexibility index (Phi) is 7.82. The molecule has 13 heteroatoms. The summed E-state index contributed by atoms with van der Waals surface area (Å²) >= 11 is 0. The van der Waals surface area contributed by atoms with Gasteiger partial charge in [-0.2, -0.15) is 0 Å². The Morgan fingerprint density at radius 2 is 1.86 bits per heavy atom. The number of ether oxygens (including phenoxy) is 3. The summed E-state index contributed by atoms with van der Waals surface area (Å²) in [5, 5.41) is 16.1. The third-order valence-electron chi connectivity index (χ3n) is 7.68. The molecule has 4 heterocycles. The van der Waals surface area contributed by atoms with Crippen LogP contribution in [0.2, 0.25) is 0 Å². The molecule has 0 amide bonds. The highest BCUT2D eigenvalue weighted by atomic mass is 16.7. The molecule has 42 heavy (non-hydrogen) atoms. The number of rotatable bonds is 8. The second-order valence-corrected chi connectivity index (χ2v) is 10.1. The molecule has 0 saturated carbocycles. The molecule has 1 saturated heterocycles. The van der Waals surface area contributed by atoms with Crippen LogP contribution in [0.3, 0.4) is 0 Å². The molecule has 2 aliphatic heterocycles. The molecule has 6 rings (SSSR count). The van der Waals surface area contributed by atoms with Crippen molar-refractivity contribution in [3.8, 4) is 5.75 Å². The van der Waals surface area contributed by atoms with Crippen LogP contribution in [-0.4, -0.2) is 83.7 Å². The van der Waals surface area contributed by atoms with Gasteiger partial charge in [0.15, 0.2) is 0 Å². The fourth-order valence-corrected chi connectivity index (χ4v) is 5.66. The van der Waals surface area contributed by atoms with Gasteiger partial charge in [0.25, 0.3) is 0 Å². The van der Waals surface area contributed by atoms with E-state index >= 15 is 0 Å². The topological polar surface area (TPSA) is 141 Å². The number of allylic oxidation sites excluding steroid dienone is 2. The van der Waals surface area contributed by atoms with Crippen LogP contribution in [0.1, 0.15) is 37.1 Å². The van der Waals surface area contributed by atoms with E-state index in [-0.39, 0.29) is 6.61 Å². The minimum absolute atomic E-state index is 0.183. The Morgan fingerprint density at radius 3 is 2.64 bits per heavy atom. The van der Waals surface area contributed by atoms with Crippen LogP contribution in [0, 0.1) is 0 Å². The summed E-state index contributed by atoms with van der Waals surface area (Å²) in [6.07, 6.45) is 0.445. The molecule has 0 spiro atoms. The van der Waals surface area contributed by atoms with Gasteiger partial charge in [-0.25, -0.2) is 9.42 Å². The van der Waals surface area contributed by atoms with Crippen molar-refractivity contribution in [2.45, 2.75) is 25.7 Å². The maximum absolute atomic E-state index is 13.0. The summed E-state index contributed by atoms with van der Waals surface area (Å²) < 4.78 is 27.5. The highest BCUT2D eigenvalue weighted by Crippen LogP contribution is 2.45. The van der Waals surface area contributed by atoms with E-state index in [9.17, 15) is 4.79 Å². The second-order valence-electron chi connectivity index (χ2n) is 10.1. The molecule has 0 N–H and O–H groups in total. The van der Waals surface area contributed by atoms with Crippen molar-refractivity contribution in [2.24, 2.45) is 4.99 Å². The lowest BCUT2D eigenvalue weighted by Crippen LogP contribution is -2.47. The molecule has 4 aromatic rings. The largest absolute Gasteiger partial charge is 0.513 e. The van der Waals surface area contributed by atoms with Crippen LogP contribution < -0.4 is 9.64 Å².